The second-order valence-corrected chi connectivity index (χ2v) is 4.46. The first-order valence-electron chi connectivity index (χ1n) is 4.95. The minimum absolute atomic E-state index is 0.229. The van der Waals surface area contributed by atoms with Crippen molar-refractivity contribution in [3.05, 3.63) is 24.3 Å². The first-order chi connectivity index (χ1) is 6.11. The number of ketones is 1. The number of hydrogen-bond acceptors (Lipinski definition) is 1. The van der Waals surface area contributed by atoms with Gasteiger partial charge in [0.1, 0.15) is 5.78 Å². The van der Waals surface area contributed by atoms with Crippen LogP contribution in [0.15, 0.2) is 24.3 Å². The molecule has 0 aromatic rings. The maximum atomic E-state index is 11.5. The van der Waals surface area contributed by atoms with Gasteiger partial charge >= 0.3 is 0 Å². The van der Waals surface area contributed by atoms with Gasteiger partial charge in [-0.3, -0.25) is 4.79 Å². The maximum Gasteiger partial charge on any atom is 0.134 e. The van der Waals surface area contributed by atoms with E-state index in [2.05, 4.69) is 25.7 Å². The Morgan fingerprint density at radius 1 is 1.23 bits per heavy atom. The second-order valence-electron chi connectivity index (χ2n) is 4.46. The average molecular weight is 176 g/mol. The lowest BCUT2D eigenvalue weighted by Gasteiger charge is -2.26. The molecule has 0 aliphatic heterocycles. The fraction of sp³-hybridized carbons (Fsp3) is 0.583. The number of carbonyl (C=O) groups excluding carboxylic acids is 1. The van der Waals surface area contributed by atoms with Gasteiger partial charge in [-0.25, -0.2) is 0 Å². The molecule has 4 atom stereocenters. The SMILES string of the molecule is C=C(C)[C@@H]1C2C=CC(C2)C1C(C)=O. The molecule has 70 valence electrons. The second kappa shape index (κ2) is 2.83. The van der Waals surface area contributed by atoms with Crippen molar-refractivity contribution < 1.29 is 4.79 Å². The van der Waals surface area contributed by atoms with Crippen molar-refractivity contribution in [2.24, 2.45) is 23.7 Å². The van der Waals surface area contributed by atoms with Crippen LogP contribution in [0.2, 0.25) is 0 Å². The Hall–Kier alpha value is -0.850. The molecule has 0 radical (unpaired) electrons. The smallest absolute Gasteiger partial charge is 0.134 e. The number of hydrogen-bond donors (Lipinski definition) is 0. The van der Waals surface area contributed by atoms with Crippen LogP contribution < -0.4 is 0 Å². The summed E-state index contributed by atoms with van der Waals surface area (Å²) in [4.78, 5) is 11.5. The van der Waals surface area contributed by atoms with E-state index in [9.17, 15) is 4.79 Å². The summed E-state index contributed by atoms with van der Waals surface area (Å²) in [6, 6.07) is 0. The van der Waals surface area contributed by atoms with Gasteiger partial charge < -0.3 is 0 Å². The van der Waals surface area contributed by atoms with Gasteiger partial charge in [-0.15, -0.1) is 0 Å². The van der Waals surface area contributed by atoms with Crippen LogP contribution >= 0.6 is 0 Å². The molecular weight excluding hydrogens is 160 g/mol. The topological polar surface area (TPSA) is 17.1 Å². The Balaban J connectivity index is 2.30. The monoisotopic (exact) mass is 176 g/mol. The molecule has 2 bridgehead atoms. The summed E-state index contributed by atoms with van der Waals surface area (Å²) in [6.45, 7) is 7.77. The lowest BCUT2D eigenvalue weighted by molar-refractivity contribution is -0.122. The third-order valence-corrected chi connectivity index (χ3v) is 3.50. The summed E-state index contributed by atoms with van der Waals surface area (Å²) in [5.74, 6) is 2.09. The maximum absolute atomic E-state index is 11.5. The van der Waals surface area contributed by atoms with Crippen molar-refractivity contribution in [1.82, 2.24) is 0 Å². The first kappa shape index (κ1) is 8.74. The molecule has 0 N–H and O–H groups in total. The van der Waals surface area contributed by atoms with Crippen LogP contribution in [0, 0.1) is 23.7 Å². The van der Waals surface area contributed by atoms with Crippen molar-refractivity contribution in [1.29, 1.82) is 0 Å². The number of carbonyl (C=O) groups is 1. The molecule has 1 nitrogen and oxygen atoms in total. The van der Waals surface area contributed by atoms with Gasteiger partial charge in [-0.2, -0.15) is 0 Å². The highest BCUT2D eigenvalue weighted by atomic mass is 16.1. The Labute approximate surface area is 79.5 Å². The first-order valence-corrected chi connectivity index (χ1v) is 4.95. The molecule has 0 aromatic carbocycles. The molecule has 2 aliphatic rings. The summed E-state index contributed by atoms with van der Waals surface area (Å²) >= 11 is 0. The van der Waals surface area contributed by atoms with Crippen LogP contribution in [0.4, 0.5) is 0 Å². The van der Waals surface area contributed by atoms with Gasteiger partial charge in [0.2, 0.25) is 0 Å². The fourth-order valence-corrected chi connectivity index (χ4v) is 3.05. The third kappa shape index (κ3) is 1.18. The quantitative estimate of drug-likeness (QED) is 0.591. The molecule has 1 saturated carbocycles. The van der Waals surface area contributed by atoms with Gasteiger partial charge in [0.05, 0.1) is 0 Å². The van der Waals surface area contributed by atoms with E-state index in [1.165, 1.54) is 12.0 Å². The van der Waals surface area contributed by atoms with Crippen molar-refractivity contribution >= 4 is 5.78 Å². The number of allylic oxidation sites excluding steroid dienone is 3. The molecule has 0 aromatic heterocycles. The Morgan fingerprint density at radius 3 is 2.15 bits per heavy atom. The zero-order chi connectivity index (χ0) is 9.59. The van der Waals surface area contributed by atoms with Gasteiger partial charge in [-0.1, -0.05) is 24.3 Å². The minimum atomic E-state index is 0.229. The van der Waals surface area contributed by atoms with Crippen molar-refractivity contribution in [2.75, 3.05) is 0 Å². The summed E-state index contributed by atoms with van der Waals surface area (Å²) in [6.07, 6.45) is 5.65. The normalized spacial score (nSPS) is 41.1. The van der Waals surface area contributed by atoms with Crippen molar-refractivity contribution in [3.63, 3.8) is 0 Å². The molecule has 2 rings (SSSR count). The molecule has 0 amide bonds. The lowest BCUT2D eigenvalue weighted by atomic mass is 9.77. The van der Waals surface area contributed by atoms with Crippen molar-refractivity contribution in [3.8, 4) is 0 Å². The predicted molar refractivity (Wildman–Crippen MR) is 53.2 cm³/mol. The molecule has 1 fully saturated rings. The Bertz CT molecular complexity index is 259. The highest BCUT2D eigenvalue weighted by Crippen LogP contribution is 2.50. The number of Topliss-reactive ketones (excluding diaryl/α,β-unsaturated/α-hetero) is 1. The van der Waals surface area contributed by atoms with Crippen LogP contribution in [0.25, 0.3) is 0 Å². The van der Waals surface area contributed by atoms with E-state index in [4.69, 9.17) is 0 Å². The number of rotatable bonds is 2. The fourth-order valence-electron chi connectivity index (χ4n) is 3.05. The predicted octanol–water partition coefficient (Wildman–Crippen LogP) is 2.59. The minimum Gasteiger partial charge on any atom is -0.300 e. The summed E-state index contributed by atoms with van der Waals surface area (Å²) in [5, 5.41) is 0. The van der Waals surface area contributed by atoms with Gasteiger partial charge in [0, 0.05) is 5.92 Å². The van der Waals surface area contributed by atoms with Crippen molar-refractivity contribution in [2.45, 2.75) is 20.3 Å². The average Bonchev–Trinajstić information content (AvgIpc) is 2.60. The molecule has 3 unspecified atom stereocenters. The van der Waals surface area contributed by atoms with E-state index in [0.717, 1.165) is 0 Å². The summed E-state index contributed by atoms with van der Waals surface area (Å²) in [7, 11) is 0. The van der Waals surface area contributed by atoms with E-state index in [0.29, 0.717) is 23.5 Å². The molecule has 2 aliphatic carbocycles. The van der Waals surface area contributed by atoms with Gasteiger partial charge in [0.15, 0.2) is 0 Å². The van der Waals surface area contributed by atoms with E-state index in [-0.39, 0.29) is 5.92 Å². The molecular formula is C12H16O. The van der Waals surface area contributed by atoms with Gasteiger partial charge in [-0.05, 0) is 38.0 Å². The van der Waals surface area contributed by atoms with E-state index in [1.807, 2.05) is 0 Å². The highest BCUT2D eigenvalue weighted by Gasteiger charge is 2.46. The van der Waals surface area contributed by atoms with Crippen LogP contribution in [-0.2, 0) is 4.79 Å². The Morgan fingerprint density at radius 2 is 1.77 bits per heavy atom. The zero-order valence-electron chi connectivity index (χ0n) is 8.29. The molecule has 0 saturated heterocycles. The van der Waals surface area contributed by atoms with Crippen LogP contribution in [0.3, 0.4) is 0 Å². The molecule has 1 heteroatoms. The lowest BCUT2D eigenvalue weighted by Crippen LogP contribution is -2.26. The van der Waals surface area contributed by atoms with E-state index < -0.39 is 0 Å². The van der Waals surface area contributed by atoms with E-state index in [1.54, 1.807) is 6.92 Å². The van der Waals surface area contributed by atoms with Crippen LogP contribution in [-0.4, -0.2) is 5.78 Å². The number of fused-ring (bicyclic) bond motifs is 2. The zero-order valence-corrected chi connectivity index (χ0v) is 8.29. The Kier molecular flexibility index (Phi) is 1.90. The summed E-state index contributed by atoms with van der Waals surface area (Å²) in [5.41, 5.74) is 1.18. The third-order valence-electron chi connectivity index (χ3n) is 3.50. The molecule has 0 heterocycles. The standard InChI is InChI=1S/C12H16O/c1-7(2)11-9-4-5-10(6-9)12(11)8(3)13/h4-5,9-12H,1,6H2,2-3H3/t9?,10?,11-,12?/m1/s1. The molecule has 0 spiro atoms. The summed E-state index contributed by atoms with van der Waals surface area (Å²) < 4.78 is 0. The highest BCUT2D eigenvalue weighted by molar-refractivity contribution is 5.80. The van der Waals surface area contributed by atoms with Gasteiger partial charge in [0.25, 0.3) is 0 Å². The van der Waals surface area contributed by atoms with Crippen LogP contribution in [0.1, 0.15) is 20.3 Å². The van der Waals surface area contributed by atoms with E-state index >= 15 is 0 Å². The largest absolute Gasteiger partial charge is 0.300 e. The van der Waals surface area contributed by atoms with Crippen LogP contribution in [0.5, 0.6) is 0 Å². The molecule has 13 heavy (non-hydrogen) atoms.